The summed E-state index contributed by atoms with van der Waals surface area (Å²) in [6.45, 7) is 0.733. The molecule has 0 bridgehead atoms. The largest absolute Gasteiger partial charge is 0.379 e. The molecule has 8 aromatic rings. The van der Waals surface area contributed by atoms with Crippen LogP contribution in [-0.4, -0.2) is 116 Å². The van der Waals surface area contributed by atoms with Crippen molar-refractivity contribution in [3.8, 4) is 0 Å². The maximum Gasteiger partial charge on any atom is 0.192 e. The van der Waals surface area contributed by atoms with Gasteiger partial charge >= 0.3 is 0 Å². The van der Waals surface area contributed by atoms with E-state index < -0.39 is 109 Å². The smallest absolute Gasteiger partial charge is 0.192 e. The van der Waals surface area contributed by atoms with Crippen molar-refractivity contribution in [2.45, 2.75) is 141 Å². The molecule has 0 spiro atoms. The summed E-state index contributed by atoms with van der Waals surface area (Å²) in [7, 11) is 0. The number of fused-ring (bicyclic) bond motifs is 3. The predicted octanol–water partition coefficient (Wildman–Crippen LogP) is 11.8. The zero-order valence-electron chi connectivity index (χ0n) is 48.9. The van der Waals surface area contributed by atoms with E-state index in [1.807, 2.05) is 243 Å². The van der Waals surface area contributed by atoms with E-state index in [0.29, 0.717) is 0 Å². The average Bonchev–Trinajstić information content (AvgIpc) is 0.845. The van der Waals surface area contributed by atoms with Gasteiger partial charge in [0.25, 0.3) is 0 Å². The molecule has 14 rings (SSSR count). The van der Waals surface area contributed by atoms with E-state index >= 15 is 5.11 Å². The molecule has 15 nitrogen and oxygen atoms in total. The van der Waals surface area contributed by atoms with Crippen LogP contribution in [0, 0.1) is 0 Å². The summed E-state index contributed by atoms with van der Waals surface area (Å²) >= 11 is 1.46. The fraction of sp³-hybridized carbons (Fsp3) is 0.342. The molecule has 16 heteroatoms. The fourth-order valence-electron chi connectivity index (χ4n) is 12.7. The van der Waals surface area contributed by atoms with Crippen LogP contribution in [0.1, 0.15) is 57.8 Å². The Bertz CT molecular complexity index is 3430. The summed E-state index contributed by atoms with van der Waals surface area (Å²) in [6.07, 6.45) is -15.8. The quantitative estimate of drug-likeness (QED) is 0.0770. The van der Waals surface area contributed by atoms with Crippen molar-refractivity contribution < 1.29 is 71.4 Å². The first-order valence-electron chi connectivity index (χ1n) is 30.6. The van der Waals surface area contributed by atoms with Gasteiger partial charge < -0.3 is 71.4 Å². The van der Waals surface area contributed by atoms with Gasteiger partial charge in [0.15, 0.2) is 30.8 Å². The monoisotopic (exact) mass is 1220 g/mol. The Morgan fingerprint density at radius 2 is 0.708 bits per heavy atom. The molecule has 460 valence electrons. The van der Waals surface area contributed by atoms with Crippen molar-refractivity contribution >= 4 is 11.8 Å². The number of hydrogen-bond donors (Lipinski definition) is 1. The highest BCUT2D eigenvalue weighted by Gasteiger charge is 2.69. The van der Waals surface area contributed by atoms with Crippen molar-refractivity contribution in [1.82, 2.24) is 0 Å². The van der Waals surface area contributed by atoms with E-state index in [1.165, 1.54) is 11.8 Å². The van der Waals surface area contributed by atoms with E-state index in [1.54, 1.807) is 0 Å². The topological polar surface area (TPSA) is 149 Å². The number of rotatable bonds is 20. The van der Waals surface area contributed by atoms with Gasteiger partial charge in [-0.3, -0.25) is 0 Å². The number of benzene rings is 8. The lowest BCUT2D eigenvalue weighted by Gasteiger charge is -2.60. The zero-order chi connectivity index (χ0) is 59.8. The Kier molecular flexibility index (Phi) is 19.1. The van der Waals surface area contributed by atoms with Gasteiger partial charge in [-0.2, -0.15) is 0 Å². The van der Waals surface area contributed by atoms with Gasteiger partial charge in [0, 0.05) is 21.6 Å². The molecule has 6 heterocycles. The lowest BCUT2D eigenvalue weighted by molar-refractivity contribution is -0.439. The second-order valence-electron chi connectivity index (χ2n) is 23.1. The molecule has 6 fully saturated rings. The van der Waals surface area contributed by atoms with Crippen LogP contribution in [0.3, 0.4) is 0 Å². The normalized spacial score (nSPS) is 32.6. The van der Waals surface area contributed by atoms with Crippen molar-refractivity contribution in [3.05, 3.63) is 282 Å². The minimum Gasteiger partial charge on any atom is -0.379 e. The van der Waals surface area contributed by atoms with Crippen LogP contribution in [0.15, 0.2) is 248 Å². The first kappa shape index (κ1) is 60.1. The summed E-state index contributed by atoms with van der Waals surface area (Å²) in [4.78, 5) is 0.900. The maximum atomic E-state index is 15.3. The predicted molar refractivity (Wildman–Crippen MR) is 328 cm³/mol. The minimum atomic E-state index is -2.39. The first-order chi connectivity index (χ1) is 44.0. The van der Waals surface area contributed by atoms with E-state index in [4.69, 9.17) is 66.3 Å². The number of hydrogen-bond acceptors (Lipinski definition) is 16. The zero-order valence-corrected chi connectivity index (χ0v) is 49.7. The SMILES string of the molecule is O[C@]1([C@@H]2O[C@@H]3COC(c4ccccc4)O[C@H]3[C@H](OCc3ccccc3)[C@@H]2OCc2ccccc2)[C@H](O[C@H]2[C@@H](OCc3ccccc3)[C@@H]3OC(c4ccccc4)OC[C@H]3O[C@@H]2Sc2ccccc2)O[C@@H]2COC(c3ccccc3)O[C@H]2[C@@H]1OCc1ccccc1. The van der Waals surface area contributed by atoms with Crippen LogP contribution >= 0.6 is 11.8 Å². The molecular formula is C73H72O15S. The molecule has 3 unspecified atom stereocenters. The number of thioether (sulfide) groups is 1. The summed E-state index contributed by atoms with van der Waals surface area (Å²) in [5.41, 5.74) is 2.77. The Balaban J connectivity index is 0.928. The van der Waals surface area contributed by atoms with Gasteiger partial charge in [0.2, 0.25) is 0 Å². The lowest BCUT2D eigenvalue weighted by atomic mass is 9.75. The van der Waals surface area contributed by atoms with Crippen molar-refractivity contribution in [2.75, 3.05) is 19.8 Å². The van der Waals surface area contributed by atoms with Gasteiger partial charge in [-0.1, -0.05) is 242 Å². The fourth-order valence-corrected chi connectivity index (χ4v) is 13.9. The molecule has 1 N–H and O–H groups in total. The highest BCUT2D eigenvalue weighted by atomic mass is 32.2. The standard InChI is InChI=1S/C73H72O15S/c74-73(67-64(77-43-50-29-13-3-14-30-50)62(75-41-48-25-9-1-10-26-48)59-56(82-67)45-79-68(85-59)52-33-17-5-18-34-52)66(78-44-51-31-15-4-16-32-51)61-58(47-81-70(87-61)54-37-21-7-22-38-54)84-72(73)88-65-63(76-42-49-27-11-2-12-28-49)60-57(83-71(65)89-55-39-23-8-24-40-55)46-80-69(86-60)53-35-19-6-20-36-53/h1-40,56-72,74H,41-47H2/t56-,57-,58-,59-,60-,61-,62+,63+,64+,65+,66+,67-,68?,69?,70?,71-,72+,73-/m1/s1. The van der Waals surface area contributed by atoms with Crippen LogP contribution < -0.4 is 0 Å². The Hall–Kier alpha value is -6.49. The molecule has 6 saturated heterocycles. The molecular weight excluding hydrogens is 1150 g/mol. The molecule has 89 heavy (non-hydrogen) atoms. The molecule has 0 aromatic heterocycles. The minimum absolute atomic E-state index is 0.0299. The second kappa shape index (κ2) is 28.4. The molecule has 6 aliphatic heterocycles. The van der Waals surface area contributed by atoms with E-state index in [9.17, 15) is 0 Å². The lowest BCUT2D eigenvalue weighted by Crippen LogP contribution is -2.79. The van der Waals surface area contributed by atoms with Gasteiger partial charge in [0.1, 0.15) is 78.7 Å². The molecule has 0 radical (unpaired) electrons. The number of aliphatic hydroxyl groups is 1. The Morgan fingerprint density at radius 1 is 0.360 bits per heavy atom. The van der Waals surface area contributed by atoms with Gasteiger partial charge in [-0.25, -0.2) is 0 Å². The van der Waals surface area contributed by atoms with Crippen LogP contribution in [0.25, 0.3) is 0 Å². The molecule has 18 atom stereocenters. The third kappa shape index (κ3) is 13.6. The van der Waals surface area contributed by atoms with Crippen LogP contribution in [0.2, 0.25) is 0 Å². The maximum absolute atomic E-state index is 15.3. The van der Waals surface area contributed by atoms with Gasteiger partial charge in [0.05, 0.1) is 46.2 Å². The highest BCUT2D eigenvalue weighted by Crippen LogP contribution is 2.50. The Labute approximate surface area is 522 Å². The molecule has 0 amide bonds. The van der Waals surface area contributed by atoms with Gasteiger partial charge in [-0.15, -0.1) is 0 Å². The molecule has 8 aromatic carbocycles. The Morgan fingerprint density at radius 3 is 1.15 bits per heavy atom. The van der Waals surface area contributed by atoms with Crippen molar-refractivity contribution in [1.29, 1.82) is 0 Å². The van der Waals surface area contributed by atoms with Crippen LogP contribution in [-0.2, 0) is 92.7 Å². The van der Waals surface area contributed by atoms with Crippen LogP contribution in [0.5, 0.6) is 0 Å². The third-order valence-electron chi connectivity index (χ3n) is 17.2. The summed E-state index contributed by atoms with van der Waals surface area (Å²) in [6, 6.07) is 78.9. The highest BCUT2D eigenvalue weighted by molar-refractivity contribution is 7.99. The molecule has 6 aliphatic rings. The van der Waals surface area contributed by atoms with E-state index in [0.717, 1.165) is 43.8 Å². The van der Waals surface area contributed by atoms with Crippen molar-refractivity contribution in [3.63, 3.8) is 0 Å². The van der Waals surface area contributed by atoms with Crippen molar-refractivity contribution in [2.24, 2.45) is 0 Å². The van der Waals surface area contributed by atoms with E-state index in [-0.39, 0.29) is 46.2 Å². The van der Waals surface area contributed by atoms with Gasteiger partial charge in [-0.05, 0) is 34.4 Å². The number of ether oxygens (including phenoxy) is 14. The van der Waals surface area contributed by atoms with Crippen LogP contribution in [0.4, 0.5) is 0 Å². The first-order valence-corrected chi connectivity index (χ1v) is 31.5. The molecule has 0 aliphatic carbocycles. The second-order valence-corrected chi connectivity index (χ2v) is 24.3. The average molecular weight is 1220 g/mol. The third-order valence-corrected chi connectivity index (χ3v) is 18.3. The summed E-state index contributed by atoms with van der Waals surface area (Å²) < 4.78 is 100. The van der Waals surface area contributed by atoms with E-state index in [2.05, 4.69) is 0 Å². The molecule has 0 saturated carbocycles. The summed E-state index contributed by atoms with van der Waals surface area (Å²) in [5, 5.41) is 15.3. The summed E-state index contributed by atoms with van der Waals surface area (Å²) in [5.74, 6) is 0.